The van der Waals surface area contributed by atoms with Gasteiger partial charge in [0.1, 0.15) is 0 Å². The van der Waals surface area contributed by atoms with Crippen molar-refractivity contribution in [3.05, 3.63) is 0 Å². The molecule has 1 saturated heterocycles. The van der Waals surface area contributed by atoms with Crippen LogP contribution in [0.3, 0.4) is 0 Å². The van der Waals surface area contributed by atoms with Gasteiger partial charge in [-0.2, -0.15) is 0 Å². The Hall–Kier alpha value is -0.610. The number of carbonyl (C=O) groups excluding carboxylic acids is 1. The van der Waals surface area contributed by atoms with Crippen molar-refractivity contribution < 1.29 is 4.79 Å². The van der Waals surface area contributed by atoms with Crippen molar-refractivity contribution in [2.45, 2.75) is 31.7 Å². The first-order valence-electron chi connectivity index (χ1n) is 5.41. The van der Waals surface area contributed by atoms with Gasteiger partial charge in [0.15, 0.2) is 0 Å². The van der Waals surface area contributed by atoms with Crippen LogP contribution < -0.4 is 11.1 Å². The van der Waals surface area contributed by atoms with Gasteiger partial charge in [-0.1, -0.05) is 0 Å². The fourth-order valence-corrected chi connectivity index (χ4v) is 1.85. The predicted octanol–water partition coefficient (Wildman–Crippen LogP) is -0.0643. The van der Waals surface area contributed by atoms with Crippen LogP contribution >= 0.6 is 0 Å². The number of amides is 1. The van der Waals surface area contributed by atoms with Gasteiger partial charge >= 0.3 is 0 Å². The van der Waals surface area contributed by atoms with E-state index in [1.54, 1.807) is 0 Å². The second kappa shape index (κ2) is 5.98. The molecule has 0 radical (unpaired) electrons. The number of hydrogen-bond donors (Lipinski definition) is 2. The number of rotatable bonds is 4. The van der Waals surface area contributed by atoms with E-state index in [2.05, 4.69) is 17.3 Å². The lowest BCUT2D eigenvalue weighted by Gasteiger charge is -2.25. The Morgan fingerprint density at radius 1 is 1.64 bits per heavy atom. The maximum absolute atomic E-state index is 11.3. The zero-order chi connectivity index (χ0) is 10.4. The molecule has 1 aliphatic heterocycles. The SMILES string of the molecule is CN(CCCN)C1CCCNC(=O)C1. The molecule has 3 N–H and O–H groups in total. The molecular weight excluding hydrogens is 178 g/mol. The molecule has 1 aliphatic rings. The standard InChI is InChI=1S/C10H21N3O/c1-13(7-3-5-11)9-4-2-6-12-10(14)8-9/h9H,2-8,11H2,1H3,(H,12,14). The summed E-state index contributed by atoms with van der Waals surface area (Å²) >= 11 is 0. The van der Waals surface area contributed by atoms with Gasteiger partial charge in [-0.3, -0.25) is 4.79 Å². The molecule has 0 aromatic rings. The normalized spacial score (nSPS) is 23.4. The lowest BCUT2D eigenvalue weighted by Crippen LogP contribution is -2.35. The molecule has 1 fully saturated rings. The number of nitrogens with two attached hydrogens (primary N) is 1. The Labute approximate surface area is 85.8 Å². The number of carbonyl (C=O) groups is 1. The quantitative estimate of drug-likeness (QED) is 0.666. The molecule has 0 saturated carbocycles. The van der Waals surface area contributed by atoms with E-state index in [0.29, 0.717) is 12.5 Å². The largest absolute Gasteiger partial charge is 0.356 e. The maximum atomic E-state index is 11.3. The van der Waals surface area contributed by atoms with Crippen LogP contribution in [-0.2, 0) is 4.79 Å². The highest BCUT2D eigenvalue weighted by Gasteiger charge is 2.20. The fraction of sp³-hybridized carbons (Fsp3) is 0.900. The monoisotopic (exact) mass is 199 g/mol. The van der Waals surface area contributed by atoms with E-state index in [4.69, 9.17) is 5.73 Å². The molecular formula is C10H21N3O. The molecule has 1 atom stereocenters. The van der Waals surface area contributed by atoms with Gasteiger partial charge in [-0.15, -0.1) is 0 Å². The van der Waals surface area contributed by atoms with Crippen molar-refractivity contribution in [2.24, 2.45) is 5.73 Å². The summed E-state index contributed by atoms with van der Waals surface area (Å²) in [4.78, 5) is 13.6. The molecule has 0 aromatic heterocycles. The Balaban J connectivity index is 2.36. The third-order valence-corrected chi connectivity index (χ3v) is 2.80. The van der Waals surface area contributed by atoms with Crippen LogP contribution in [0.2, 0.25) is 0 Å². The molecule has 1 amide bonds. The van der Waals surface area contributed by atoms with Gasteiger partial charge in [0, 0.05) is 19.0 Å². The van der Waals surface area contributed by atoms with Crippen LogP contribution in [0.15, 0.2) is 0 Å². The van der Waals surface area contributed by atoms with Crippen molar-refractivity contribution in [1.29, 1.82) is 0 Å². The van der Waals surface area contributed by atoms with Gasteiger partial charge in [0.25, 0.3) is 0 Å². The summed E-state index contributed by atoms with van der Waals surface area (Å²) < 4.78 is 0. The van der Waals surface area contributed by atoms with Gasteiger partial charge in [0.05, 0.1) is 0 Å². The van der Waals surface area contributed by atoms with E-state index < -0.39 is 0 Å². The highest BCUT2D eigenvalue weighted by Crippen LogP contribution is 2.12. The van der Waals surface area contributed by atoms with Crippen molar-refractivity contribution in [1.82, 2.24) is 10.2 Å². The average molecular weight is 199 g/mol. The Morgan fingerprint density at radius 3 is 3.14 bits per heavy atom. The van der Waals surface area contributed by atoms with E-state index in [1.165, 1.54) is 0 Å². The van der Waals surface area contributed by atoms with Crippen molar-refractivity contribution >= 4 is 5.91 Å². The third-order valence-electron chi connectivity index (χ3n) is 2.80. The minimum absolute atomic E-state index is 0.187. The predicted molar refractivity (Wildman–Crippen MR) is 57.0 cm³/mol. The summed E-state index contributed by atoms with van der Waals surface area (Å²) in [5.74, 6) is 0.187. The van der Waals surface area contributed by atoms with E-state index >= 15 is 0 Å². The summed E-state index contributed by atoms with van der Waals surface area (Å²) in [7, 11) is 2.08. The van der Waals surface area contributed by atoms with Crippen LogP contribution in [0.4, 0.5) is 0 Å². The molecule has 1 unspecified atom stereocenters. The molecule has 82 valence electrons. The fourth-order valence-electron chi connectivity index (χ4n) is 1.85. The maximum Gasteiger partial charge on any atom is 0.221 e. The Bertz CT molecular complexity index is 184. The molecule has 1 rings (SSSR count). The van der Waals surface area contributed by atoms with E-state index in [9.17, 15) is 4.79 Å². The molecule has 1 heterocycles. The molecule has 4 heteroatoms. The van der Waals surface area contributed by atoms with Crippen molar-refractivity contribution in [3.8, 4) is 0 Å². The summed E-state index contributed by atoms with van der Waals surface area (Å²) in [6, 6.07) is 0.407. The Morgan fingerprint density at radius 2 is 2.43 bits per heavy atom. The molecule has 4 nitrogen and oxygen atoms in total. The summed E-state index contributed by atoms with van der Waals surface area (Å²) in [5, 5.41) is 2.90. The molecule has 0 spiro atoms. The minimum Gasteiger partial charge on any atom is -0.356 e. The van der Waals surface area contributed by atoms with Crippen LogP contribution in [0.25, 0.3) is 0 Å². The number of hydrogen-bond acceptors (Lipinski definition) is 3. The van der Waals surface area contributed by atoms with E-state index in [1.807, 2.05) is 0 Å². The molecule has 0 bridgehead atoms. The lowest BCUT2D eigenvalue weighted by atomic mass is 10.1. The second-order valence-electron chi connectivity index (χ2n) is 3.97. The topological polar surface area (TPSA) is 58.4 Å². The van der Waals surface area contributed by atoms with Crippen LogP contribution in [0.1, 0.15) is 25.7 Å². The van der Waals surface area contributed by atoms with E-state index in [0.717, 1.165) is 38.9 Å². The zero-order valence-corrected chi connectivity index (χ0v) is 8.96. The average Bonchev–Trinajstić information content (AvgIpc) is 2.39. The molecule has 14 heavy (non-hydrogen) atoms. The van der Waals surface area contributed by atoms with Gasteiger partial charge in [-0.25, -0.2) is 0 Å². The first kappa shape index (κ1) is 11.5. The molecule has 0 aliphatic carbocycles. The first-order valence-corrected chi connectivity index (χ1v) is 5.41. The van der Waals surface area contributed by atoms with Gasteiger partial charge < -0.3 is 16.0 Å². The lowest BCUT2D eigenvalue weighted by molar-refractivity contribution is -0.121. The summed E-state index contributed by atoms with van der Waals surface area (Å²) in [6.45, 7) is 2.55. The first-order chi connectivity index (χ1) is 6.74. The van der Waals surface area contributed by atoms with Crippen LogP contribution in [0, 0.1) is 0 Å². The third kappa shape index (κ3) is 3.64. The zero-order valence-electron chi connectivity index (χ0n) is 8.96. The van der Waals surface area contributed by atoms with Crippen LogP contribution in [-0.4, -0.2) is 43.5 Å². The van der Waals surface area contributed by atoms with Crippen LogP contribution in [0.5, 0.6) is 0 Å². The smallest absolute Gasteiger partial charge is 0.221 e. The Kier molecular flexibility index (Phi) is 4.90. The number of nitrogens with zero attached hydrogens (tertiary/aromatic N) is 1. The number of nitrogens with one attached hydrogen (secondary N) is 1. The molecule has 0 aromatic carbocycles. The van der Waals surface area contributed by atoms with Gasteiger partial charge in [0.2, 0.25) is 5.91 Å². The van der Waals surface area contributed by atoms with Crippen molar-refractivity contribution in [3.63, 3.8) is 0 Å². The highest BCUT2D eigenvalue weighted by molar-refractivity contribution is 5.76. The van der Waals surface area contributed by atoms with Crippen molar-refractivity contribution in [2.75, 3.05) is 26.7 Å². The second-order valence-corrected chi connectivity index (χ2v) is 3.97. The minimum atomic E-state index is 0.187. The summed E-state index contributed by atoms with van der Waals surface area (Å²) in [6.07, 6.45) is 3.85. The van der Waals surface area contributed by atoms with E-state index in [-0.39, 0.29) is 5.91 Å². The summed E-state index contributed by atoms with van der Waals surface area (Å²) in [5.41, 5.74) is 5.46. The highest BCUT2D eigenvalue weighted by atomic mass is 16.1. The van der Waals surface area contributed by atoms with Gasteiger partial charge in [-0.05, 0) is 39.4 Å².